The maximum atomic E-state index is 11.9. The third-order valence-corrected chi connectivity index (χ3v) is 5.20. The van der Waals surface area contributed by atoms with Crippen LogP contribution in [0.5, 0.6) is 0 Å². The Bertz CT molecular complexity index is 294. The first-order valence-corrected chi connectivity index (χ1v) is 7.35. The zero-order chi connectivity index (χ0) is 11.0. The van der Waals surface area contributed by atoms with Crippen LogP contribution in [0.15, 0.2) is 0 Å². The fraction of sp³-hybridized carbons (Fsp3) is 1.00. The van der Waals surface area contributed by atoms with Crippen LogP contribution in [0, 0.1) is 5.41 Å². The molecule has 0 bridgehead atoms. The van der Waals surface area contributed by atoms with Gasteiger partial charge in [-0.15, -0.1) is 0 Å². The van der Waals surface area contributed by atoms with E-state index in [0.717, 1.165) is 6.42 Å². The summed E-state index contributed by atoms with van der Waals surface area (Å²) >= 11 is 3.44. The second-order valence-electron chi connectivity index (χ2n) is 5.06. The number of rotatable bonds is 2. The smallest absolute Gasteiger partial charge is 0.212 e. The molecule has 1 aliphatic rings. The number of hydrogen-bond acceptors (Lipinski definition) is 2. The lowest BCUT2D eigenvalue weighted by atomic mass is 10.0. The molecule has 1 aliphatic heterocycles. The molecule has 0 aromatic heterocycles. The molecule has 1 heterocycles. The quantitative estimate of drug-likeness (QED) is 0.725. The fourth-order valence-corrected chi connectivity index (χ4v) is 4.39. The molecule has 1 saturated heterocycles. The Labute approximate surface area is 95.0 Å². The lowest BCUT2D eigenvalue weighted by molar-refractivity contribution is 0.425. The molecule has 1 atom stereocenters. The van der Waals surface area contributed by atoms with Gasteiger partial charge in [-0.25, -0.2) is 12.7 Å². The van der Waals surface area contributed by atoms with Crippen molar-refractivity contribution in [3.05, 3.63) is 0 Å². The zero-order valence-corrected chi connectivity index (χ0v) is 11.4. The molecule has 0 amide bonds. The summed E-state index contributed by atoms with van der Waals surface area (Å²) in [5.41, 5.74) is -0.163. The van der Waals surface area contributed by atoms with Crippen LogP contribution >= 0.6 is 15.9 Å². The number of hydrogen-bond donors (Lipinski definition) is 0. The molecular formula is C9H18BrNO2S. The summed E-state index contributed by atoms with van der Waals surface area (Å²) in [7, 11) is -3.05. The third kappa shape index (κ3) is 3.51. The fourth-order valence-electron chi connectivity index (χ4n) is 1.58. The van der Waals surface area contributed by atoms with Crippen LogP contribution in [0.3, 0.4) is 0 Å². The predicted molar refractivity (Wildman–Crippen MR) is 62.1 cm³/mol. The van der Waals surface area contributed by atoms with Gasteiger partial charge in [0.15, 0.2) is 0 Å². The van der Waals surface area contributed by atoms with Gasteiger partial charge in [-0.2, -0.15) is 0 Å². The predicted octanol–water partition coefficient (Wildman–Crippen LogP) is 1.83. The standard InChI is InChI=1S/C9H18BrNO2S/c1-9(2,3)7-14(12,13)11-5-4-8(10)6-11/h8H,4-7H2,1-3H3. The highest BCUT2D eigenvalue weighted by Gasteiger charge is 2.32. The zero-order valence-electron chi connectivity index (χ0n) is 8.96. The highest BCUT2D eigenvalue weighted by Crippen LogP contribution is 2.24. The number of alkyl halides is 1. The summed E-state index contributed by atoms with van der Waals surface area (Å²) in [5.74, 6) is 0.236. The van der Waals surface area contributed by atoms with Gasteiger partial charge >= 0.3 is 0 Å². The van der Waals surface area contributed by atoms with Crippen molar-refractivity contribution in [3.8, 4) is 0 Å². The van der Waals surface area contributed by atoms with Gasteiger partial charge in [0, 0.05) is 17.9 Å². The van der Waals surface area contributed by atoms with E-state index in [1.807, 2.05) is 20.8 Å². The molecule has 3 nitrogen and oxygen atoms in total. The molecule has 5 heteroatoms. The molecule has 0 aromatic carbocycles. The topological polar surface area (TPSA) is 37.4 Å². The van der Waals surface area contributed by atoms with Crippen molar-refractivity contribution in [3.63, 3.8) is 0 Å². The minimum absolute atomic E-state index is 0.163. The Balaban J connectivity index is 2.67. The summed E-state index contributed by atoms with van der Waals surface area (Å²) in [4.78, 5) is 0.331. The molecule has 14 heavy (non-hydrogen) atoms. The van der Waals surface area contributed by atoms with Crippen LogP contribution in [-0.2, 0) is 10.0 Å². The maximum absolute atomic E-state index is 11.9. The average molecular weight is 284 g/mol. The largest absolute Gasteiger partial charge is 0.214 e. The first-order chi connectivity index (χ1) is 6.21. The van der Waals surface area contributed by atoms with Crippen molar-refractivity contribution in [1.29, 1.82) is 0 Å². The summed E-state index contributed by atoms with van der Waals surface area (Å²) in [6.45, 7) is 7.14. The van der Waals surface area contributed by atoms with E-state index in [1.54, 1.807) is 4.31 Å². The van der Waals surface area contributed by atoms with Gasteiger partial charge in [0.05, 0.1) is 5.75 Å². The second kappa shape index (κ2) is 4.10. The molecule has 0 saturated carbocycles. The molecule has 1 fully saturated rings. The monoisotopic (exact) mass is 283 g/mol. The van der Waals surface area contributed by atoms with Crippen LogP contribution in [-0.4, -0.2) is 36.4 Å². The van der Waals surface area contributed by atoms with Gasteiger partial charge in [0.2, 0.25) is 10.0 Å². The first-order valence-electron chi connectivity index (χ1n) is 4.83. The third-order valence-electron chi connectivity index (χ3n) is 2.10. The van der Waals surface area contributed by atoms with E-state index in [9.17, 15) is 8.42 Å². The van der Waals surface area contributed by atoms with E-state index in [1.165, 1.54) is 0 Å². The van der Waals surface area contributed by atoms with E-state index in [4.69, 9.17) is 0 Å². The molecule has 0 aliphatic carbocycles. The second-order valence-corrected chi connectivity index (χ2v) is 8.32. The van der Waals surface area contributed by atoms with E-state index >= 15 is 0 Å². The van der Waals surface area contributed by atoms with E-state index in [0.29, 0.717) is 17.9 Å². The highest BCUT2D eigenvalue weighted by atomic mass is 79.9. The summed E-state index contributed by atoms with van der Waals surface area (Å²) in [6, 6.07) is 0. The van der Waals surface area contributed by atoms with Crippen LogP contribution < -0.4 is 0 Å². The van der Waals surface area contributed by atoms with Crippen LogP contribution in [0.1, 0.15) is 27.2 Å². The van der Waals surface area contributed by atoms with Crippen molar-refractivity contribution in [2.24, 2.45) is 5.41 Å². The number of sulfonamides is 1. The summed E-state index contributed by atoms with van der Waals surface area (Å²) in [6.07, 6.45) is 0.920. The van der Waals surface area contributed by atoms with Crippen LogP contribution in [0.25, 0.3) is 0 Å². The van der Waals surface area contributed by atoms with Crippen molar-refractivity contribution < 1.29 is 8.42 Å². The normalized spacial score (nSPS) is 25.6. The SMILES string of the molecule is CC(C)(C)CS(=O)(=O)N1CCC(Br)C1. The van der Waals surface area contributed by atoms with E-state index < -0.39 is 10.0 Å². The van der Waals surface area contributed by atoms with Crippen molar-refractivity contribution in [2.45, 2.75) is 32.0 Å². The Morgan fingerprint density at radius 1 is 1.43 bits per heavy atom. The van der Waals surface area contributed by atoms with Gasteiger partial charge < -0.3 is 0 Å². The first kappa shape index (κ1) is 12.5. The molecule has 1 unspecified atom stereocenters. The Kier molecular flexibility index (Phi) is 3.65. The average Bonchev–Trinajstić information content (AvgIpc) is 2.29. The van der Waals surface area contributed by atoms with Crippen molar-refractivity contribution in [2.75, 3.05) is 18.8 Å². The van der Waals surface area contributed by atoms with Crippen LogP contribution in [0.2, 0.25) is 0 Å². The lowest BCUT2D eigenvalue weighted by Gasteiger charge is -2.23. The Morgan fingerprint density at radius 2 is 2.00 bits per heavy atom. The van der Waals surface area contributed by atoms with Crippen LogP contribution in [0.4, 0.5) is 0 Å². The molecule has 84 valence electrons. The number of nitrogens with zero attached hydrogens (tertiary/aromatic N) is 1. The molecule has 0 spiro atoms. The van der Waals surface area contributed by atoms with Crippen molar-refractivity contribution >= 4 is 26.0 Å². The molecule has 0 aromatic rings. The van der Waals surface area contributed by atoms with Gasteiger partial charge in [0.1, 0.15) is 0 Å². The van der Waals surface area contributed by atoms with E-state index in [-0.39, 0.29) is 11.2 Å². The molecular weight excluding hydrogens is 266 g/mol. The van der Waals surface area contributed by atoms with Gasteiger partial charge in [-0.05, 0) is 11.8 Å². The Hall–Kier alpha value is 0.390. The number of halogens is 1. The van der Waals surface area contributed by atoms with E-state index in [2.05, 4.69) is 15.9 Å². The maximum Gasteiger partial charge on any atom is 0.214 e. The lowest BCUT2D eigenvalue weighted by Crippen LogP contribution is -2.35. The van der Waals surface area contributed by atoms with Gasteiger partial charge in [-0.1, -0.05) is 36.7 Å². The minimum atomic E-state index is -3.05. The minimum Gasteiger partial charge on any atom is -0.212 e. The highest BCUT2D eigenvalue weighted by molar-refractivity contribution is 9.09. The van der Waals surface area contributed by atoms with Gasteiger partial charge in [-0.3, -0.25) is 0 Å². The Morgan fingerprint density at radius 3 is 2.36 bits per heavy atom. The summed E-state index contributed by atoms with van der Waals surface area (Å²) in [5, 5.41) is 0. The molecule has 0 N–H and O–H groups in total. The molecule has 0 radical (unpaired) electrons. The molecule has 1 rings (SSSR count). The van der Waals surface area contributed by atoms with Crippen molar-refractivity contribution in [1.82, 2.24) is 4.31 Å². The summed E-state index contributed by atoms with van der Waals surface area (Å²) < 4.78 is 25.4. The van der Waals surface area contributed by atoms with Gasteiger partial charge in [0.25, 0.3) is 0 Å².